The van der Waals surface area contributed by atoms with E-state index in [-0.39, 0.29) is 27.5 Å². The lowest BCUT2D eigenvalue weighted by atomic mass is 10.3. The lowest BCUT2D eigenvalue weighted by Crippen LogP contribution is -2.49. The van der Waals surface area contributed by atoms with E-state index in [4.69, 9.17) is 11.6 Å². The Morgan fingerprint density at radius 3 is 2.38 bits per heavy atom. The van der Waals surface area contributed by atoms with E-state index >= 15 is 0 Å². The first-order chi connectivity index (χ1) is 9.73. The molecule has 0 bridgehead atoms. The lowest BCUT2D eigenvalue weighted by molar-refractivity contribution is -0.384. The van der Waals surface area contributed by atoms with Crippen LogP contribution in [0.25, 0.3) is 0 Å². The predicted molar refractivity (Wildman–Crippen MR) is 77.0 cm³/mol. The third-order valence-electron chi connectivity index (χ3n) is 3.12. The average molecular weight is 354 g/mol. The number of thiophene rings is 1. The third kappa shape index (κ3) is 3.18. The summed E-state index contributed by atoms with van der Waals surface area (Å²) in [5, 5.41) is 10.7. The highest BCUT2D eigenvalue weighted by Crippen LogP contribution is 2.37. The monoisotopic (exact) mass is 353 g/mol. The van der Waals surface area contributed by atoms with Crippen LogP contribution in [0.2, 0.25) is 4.34 Å². The zero-order valence-electron chi connectivity index (χ0n) is 11.0. The van der Waals surface area contributed by atoms with Crippen molar-refractivity contribution in [1.82, 2.24) is 9.21 Å². The second kappa shape index (κ2) is 5.87. The minimum atomic E-state index is -3.82. The van der Waals surface area contributed by atoms with Crippen molar-refractivity contribution in [3.8, 4) is 0 Å². The fraction of sp³-hybridized carbons (Fsp3) is 0.500. The Hall–Kier alpha value is -1.23. The van der Waals surface area contributed by atoms with Crippen LogP contribution in [-0.4, -0.2) is 54.6 Å². The summed E-state index contributed by atoms with van der Waals surface area (Å²) in [6.07, 6.45) is 0. The van der Waals surface area contributed by atoms with Crippen LogP contribution in [-0.2, 0) is 14.8 Å². The van der Waals surface area contributed by atoms with Crippen LogP contribution in [0.3, 0.4) is 0 Å². The van der Waals surface area contributed by atoms with E-state index in [0.717, 1.165) is 6.07 Å². The molecule has 0 spiro atoms. The Balaban J connectivity index is 2.21. The van der Waals surface area contributed by atoms with Crippen LogP contribution in [0.15, 0.2) is 10.3 Å². The maximum Gasteiger partial charge on any atom is 0.300 e. The molecule has 0 unspecified atom stereocenters. The van der Waals surface area contributed by atoms with Crippen LogP contribution in [0, 0.1) is 10.1 Å². The number of halogens is 1. The smallest absolute Gasteiger partial charge is 0.300 e. The van der Waals surface area contributed by atoms with E-state index in [1.54, 1.807) is 4.90 Å². The summed E-state index contributed by atoms with van der Waals surface area (Å²) in [4.78, 5) is 22.8. The second-order valence-corrected chi connectivity index (χ2v) is 8.21. The number of rotatable bonds is 3. The van der Waals surface area contributed by atoms with E-state index in [2.05, 4.69) is 0 Å². The van der Waals surface area contributed by atoms with Gasteiger partial charge in [0.15, 0.2) is 4.34 Å². The summed E-state index contributed by atoms with van der Waals surface area (Å²) >= 11 is 6.35. The number of nitro groups is 1. The van der Waals surface area contributed by atoms with Gasteiger partial charge in [-0.2, -0.15) is 4.31 Å². The molecule has 21 heavy (non-hydrogen) atoms. The standard InChI is InChI=1S/C10H12ClN3O5S2/c1-7(15)12-2-4-13(5-3-12)21(18,19)9-6-8(14(16)17)10(11)20-9/h6H,2-5H2,1H3. The normalized spacial score (nSPS) is 17.0. The number of amides is 1. The number of piperazine rings is 1. The van der Waals surface area contributed by atoms with Gasteiger partial charge in [0.1, 0.15) is 4.21 Å². The van der Waals surface area contributed by atoms with Crippen molar-refractivity contribution in [3.63, 3.8) is 0 Å². The van der Waals surface area contributed by atoms with Gasteiger partial charge in [0.25, 0.3) is 15.7 Å². The van der Waals surface area contributed by atoms with Gasteiger partial charge < -0.3 is 4.90 Å². The number of sulfonamides is 1. The van der Waals surface area contributed by atoms with Crippen molar-refractivity contribution in [3.05, 3.63) is 20.5 Å². The SMILES string of the molecule is CC(=O)N1CCN(S(=O)(=O)c2cc([N+](=O)[O-])c(Cl)s2)CC1. The summed E-state index contributed by atoms with van der Waals surface area (Å²) in [7, 11) is -3.82. The quantitative estimate of drug-likeness (QED) is 0.599. The van der Waals surface area contributed by atoms with Crippen molar-refractivity contribution in [1.29, 1.82) is 0 Å². The van der Waals surface area contributed by atoms with Crippen LogP contribution in [0.4, 0.5) is 5.69 Å². The molecule has 1 saturated heterocycles. The zero-order valence-corrected chi connectivity index (χ0v) is 13.4. The van der Waals surface area contributed by atoms with E-state index in [1.165, 1.54) is 11.2 Å². The van der Waals surface area contributed by atoms with Crippen molar-refractivity contribution < 1.29 is 18.1 Å². The molecule has 0 radical (unpaired) electrons. The van der Waals surface area contributed by atoms with E-state index in [1.807, 2.05) is 0 Å². The molecule has 0 N–H and O–H groups in total. The Labute approximate surface area is 130 Å². The first-order valence-electron chi connectivity index (χ1n) is 5.93. The molecular formula is C10H12ClN3O5S2. The van der Waals surface area contributed by atoms with Crippen molar-refractivity contribution >= 4 is 44.6 Å². The minimum Gasteiger partial charge on any atom is -0.340 e. The molecule has 0 atom stereocenters. The summed E-state index contributed by atoms with van der Waals surface area (Å²) in [5.41, 5.74) is -0.414. The van der Waals surface area contributed by atoms with Crippen LogP contribution < -0.4 is 0 Å². The van der Waals surface area contributed by atoms with Gasteiger partial charge in [-0.1, -0.05) is 11.6 Å². The van der Waals surface area contributed by atoms with E-state index in [0.29, 0.717) is 24.4 Å². The minimum absolute atomic E-state index is 0.109. The Kier molecular flexibility index (Phi) is 4.51. The summed E-state index contributed by atoms with van der Waals surface area (Å²) in [5.74, 6) is -0.109. The fourth-order valence-electron chi connectivity index (χ4n) is 1.96. The molecule has 2 heterocycles. The molecule has 0 aliphatic carbocycles. The van der Waals surface area contributed by atoms with Gasteiger partial charge in [-0.25, -0.2) is 8.42 Å². The molecular weight excluding hydrogens is 342 g/mol. The first-order valence-corrected chi connectivity index (χ1v) is 8.56. The van der Waals surface area contributed by atoms with E-state index in [9.17, 15) is 23.3 Å². The van der Waals surface area contributed by atoms with Gasteiger partial charge in [0, 0.05) is 39.2 Å². The molecule has 1 aromatic heterocycles. The number of carbonyl (C=O) groups is 1. The molecule has 1 aliphatic rings. The van der Waals surface area contributed by atoms with Gasteiger partial charge in [0.2, 0.25) is 5.91 Å². The molecule has 116 valence electrons. The molecule has 1 fully saturated rings. The molecule has 8 nitrogen and oxygen atoms in total. The maximum atomic E-state index is 12.4. The molecule has 1 aromatic rings. The van der Waals surface area contributed by atoms with Crippen molar-refractivity contribution in [2.75, 3.05) is 26.2 Å². The van der Waals surface area contributed by atoms with Crippen LogP contribution >= 0.6 is 22.9 Å². The number of carbonyl (C=O) groups excluding carboxylic acids is 1. The molecule has 0 saturated carbocycles. The lowest BCUT2D eigenvalue weighted by Gasteiger charge is -2.32. The summed E-state index contributed by atoms with van der Waals surface area (Å²) in [6.45, 7) is 2.34. The third-order valence-corrected chi connectivity index (χ3v) is 6.81. The van der Waals surface area contributed by atoms with Crippen LogP contribution in [0.5, 0.6) is 0 Å². The van der Waals surface area contributed by atoms with Gasteiger partial charge in [-0.3, -0.25) is 14.9 Å². The van der Waals surface area contributed by atoms with E-state index < -0.39 is 20.6 Å². The summed E-state index contributed by atoms with van der Waals surface area (Å²) < 4.78 is 25.7. The molecule has 0 aromatic carbocycles. The van der Waals surface area contributed by atoms with Gasteiger partial charge in [-0.05, 0) is 0 Å². The fourth-order valence-corrected chi connectivity index (χ4v) is 5.20. The van der Waals surface area contributed by atoms with Crippen molar-refractivity contribution in [2.24, 2.45) is 0 Å². The van der Waals surface area contributed by atoms with Gasteiger partial charge in [0.05, 0.1) is 4.92 Å². The number of hydrogen-bond acceptors (Lipinski definition) is 6. The maximum absolute atomic E-state index is 12.4. The Morgan fingerprint density at radius 2 is 1.95 bits per heavy atom. The zero-order chi connectivity index (χ0) is 15.8. The van der Waals surface area contributed by atoms with Gasteiger partial charge >= 0.3 is 0 Å². The van der Waals surface area contributed by atoms with Gasteiger partial charge in [-0.15, -0.1) is 11.3 Å². The van der Waals surface area contributed by atoms with Crippen molar-refractivity contribution in [2.45, 2.75) is 11.1 Å². The molecule has 11 heteroatoms. The molecule has 1 aliphatic heterocycles. The highest BCUT2D eigenvalue weighted by molar-refractivity contribution is 7.91. The summed E-state index contributed by atoms with van der Waals surface area (Å²) in [6, 6.07) is 0.972. The predicted octanol–water partition coefficient (Wildman–Crippen LogP) is 1.16. The largest absolute Gasteiger partial charge is 0.340 e. The second-order valence-electron chi connectivity index (χ2n) is 4.39. The Morgan fingerprint density at radius 1 is 1.38 bits per heavy atom. The average Bonchev–Trinajstić information content (AvgIpc) is 2.82. The first kappa shape index (κ1) is 16.1. The van der Waals surface area contributed by atoms with Crippen LogP contribution in [0.1, 0.15) is 6.92 Å². The molecule has 1 amide bonds. The number of nitrogens with zero attached hydrogens (tertiary/aromatic N) is 3. The Bertz CT molecular complexity index is 679. The number of hydrogen-bond donors (Lipinski definition) is 0. The topological polar surface area (TPSA) is 101 Å². The molecule has 2 rings (SSSR count). The highest BCUT2D eigenvalue weighted by atomic mass is 35.5. The highest BCUT2D eigenvalue weighted by Gasteiger charge is 2.33.